The highest BCUT2D eigenvalue weighted by Gasteiger charge is 2.14. The van der Waals surface area contributed by atoms with Crippen LogP contribution in [0, 0.1) is 6.92 Å². The predicted molar refractivity (Wildman–Crippen MR) is 75.2 cm³/mol. The van der Waals surface area contributed by atoms with Crippen LogP contribution >= 0.6 is 0 Å². The van der Waals surface area contributed by atoms with E-state index in [2.05, 4.69) is 25.7 Å². The lowest BCUT2D eigenvalue weighted by atomic mass is 9.96. The van der Waals surface area contributed by atoms with E-state index in [0.29, 0.717) is 18.5 Å². The van der Waals surface area contributed by atoms with E-state index < -0.39 is 0 Å². The second kappa shape index (κ2) is 7.04. The molecule has 0 spiro atoms. The molecule has 0 bridgehead atoms. The van der Waals surface area contributed by atoms with E-state index in [1.54, 1.807) is 12.4 Å². The predicted octanol–water partition coefficient (Wildman–Crippen LogP) is 1.03. The molecule has 4 N–H and O–H groups in total. The molecule has 0 unspecified atom stereocenters. The van der Waals surface area contributed by atoms with Crippen LogP contribution in [0.15, 0.2) is 17.4 Å². The molecule has 0 atom stereocenters. The summed E-state index contributed by atoms with van der Waals surface area (Å²) in [7, 11) is 0. The van der Waals surface area contributed by atoms with E-state index in [1.165, 1.54) is 32.1 Å². The molecule has 0 radical (unpaired) electrons. The van der Waals surface area contributed by atoms with Gasteiger partial charge in [0, 0.05) is 12.2 Å². The summed E-state index contributed by atoms with van der Waals surface area (Å²) in [4.78, 5) is 12.9. The standard InChI is InChI=1S/C13H22N6/c1-10-7-16-12(8-15-10)9-17-13(19-14)18-11-5-3-2-4-6-11/h7-8,11H,2-6,9,14H2,1H3,(H2,17,18,19). The Hall–Kier alpha value is -1.69. The Morgan fingerprint density at radius 3 is 2.74 bits per heavy atom. The quantitative estimate of drug-likeness (QED) is 0.328. The summed E-state index contributed by atoms with van der Waals surface area (Å²) in [6.45, 7) is 2.39. The topological polar surface area (TPSA) is 88.2 Å². The summed E-state index contributed by atoms with van der Waals surface area (Å²) in [6, 6.07) is 0.479. The zero-order valence-corrected chi connectivity index (χ0v) is 11.4. The van der Waals surface area contributed by atoms with Gasteiger partial charge in [0.15, 0.2) is 0 Å². The normalized spacial score (nSPS) is 17.3. The monoisotopic (exact) mass is 262 g/mol. The number of aliphatic imine (C=N–C) groups is 1. The Morgan fingerprint density at radius 1 is 1.32 bits per heavy atom. The van der Waals surface area contributed by atoms with Crippen molar-refractivity contribution in [3.05, 3.63) is 23.8 Å². The van der Waals surface area contributed by atoms with Gasteiger partial charge in [-0.1, -0.05) is 19.3 Å². The molecule has 1 aromatic heterocycles. The Morgan fingerprint density at radius 2 is 2.11 bits per heavy atom. The molecule has 1 aliphatic carbocycles. The third kappa shape index (κ3) is 4.48. The van der Waals surface area contributed by atoms with Crippen molar-refractivity contribution in [2.45, 2.75) is 51.6 Å². The molecule has 6 nitrogen and oxygen atoms in total. The highest BCUT2D eigenvalue weighted by molar-refractivity contribution is 5.79. The number of hydrogen-bond donors (Lipinski definition) is 3. The van der Waals surface area contributed by atoms with E-state index >= 15 is 0 Å². The molecule has 0 saturated heterocycles. The van der Waals surface area contributed by atoms with Gasteiger partial charge in [-0.25, -0.2) is 10.8 Å². The number of hydrogen-bond acceptors (Lipinski definition) is 4. The number of rotatable bonds is 3. The van der Waals surface area contributed by atoms with Gasteiger partial charge in [0.25, 0.3) is 0 Å². The van der Waals surface area contributed by atoms with Gasteiger partial charge in [0.1, 0.15) is 0 Å². The Kier molecular flexibility index (Phi) is 5.09. The number of nitrogens with two attached hydrogens (primary N) is 1. The summed E-state index contributed by atoms with van der Waals surface area (Å²) in [5.41, 5.74) is 4.37. The smallest absolute Gasteiger partial charge is 0.206 e. The number of nitrogens with zero attached hydrogens (tertiary/aromatic N) is 3. The Labute approximate surface area is 113 Å². The van der Waals surface area contributed by atoms with Crippen LogP contribution in [0.4, 0.5) is 0 Å². The van der Waals surface area contributed by atoms with Crippen molar-refractivity contribution in [2.24, 2.45) is 10.8 Å². The fourth-order valence-electron chi connectivity index (χ4n) is 2.23. The lowest BCUT2D eigenvalue weighted by Crippen LogP contribution is -2.47. The van der Waals surface area contributed by atoms with E-state index in [4.69, 9.17) is 5.84 Å². The molecule has 1 fully saturated rings. The number of hydrazine groups is 1. The van der Waals surface area contributed by atoms with Crippen molar-refractivity contribution in [2.75, 3.05) is 0 Å². The molecule has 2 rings (SSSR count). The minimum absolute atomic E-state index is 0.479. The first kappa shape index (κ1) is 13.7. The highest BCUT2D eigenvalue weighted by Crippen LogP contribution is 2.17. The molecule has 0 aromatic carbocycles. The third-order valence-electron chi connectivity index (χ3n) is 3.32. The second-order valence-electron chi connectivity index (χ2n) is 4.94. The molecule has 0 aliphatic heterocycles. The summed E-state index contributed by atoms with van der Waals surface area (Å²) >= 11 is 0. The molecule has 6 heteroatoms. The molecular formula is C13H22N6. The first-order valence-electron chi connectivity index (χ1n) is 6.83. The largest absolute Gasteiger partial charge is 0.353 e. The number of nitrogens with one attached hydrogen (secondary N) is 2. The minimum Gasteiger partial charge on any atom is -0.353 e. The van der Waals surface area contributed by atoms with Gasteiger partial charge in [0.2, 0.25) is 5.96 Å². The molecular weight excluding hydrogens is 240 g/mol. The van der Waals surface area contributed by atoms with E-state index in [0.717, 1.165) is 11.4 Å². The van der Waals surface area contributed by atoms with Crippen LogP contribution in [-0.4, -0.2) is 22.0 Å². The van der Waals surface area contributed by atoms with Crippen LogP contribution in [0.1, 0.15) is 43.5 Å². The van der Waals surface area contributed by atoms with Crippen molar-refractivity contribution >= 4 is 5.96 Å². The van der Waals surface area contributed by atoms with Crippen molar-refractivity contribution in [1.29, 1.82) is 0 Å². The summed E-state index contributed by atoms with van der Waals surface area (Å²) < 4.78 is 0. The summed E-state index contributed by atoms with van der Waals surface area (Å²) in [5, 5.41) is 3.35. The maximum absolute atomic E-state index is 5.50. The van der Waals surface area contributed by atoms with Gasteiger partial charge in [0.05, 0.1) is 24.1 Å². The fraction of sp³-hybridized carbons (Fsp3) is 0.615. The van der Waals surface area contributed by atoms with E-state index in [1.807, 2.05) is 6.92 Å². The molecule has 1 heterocycles. The van der Waals surface area contributed by atoms with Crippen molar-refractivity contribution in [3.63, 3.8) is 0 Å². The molecule has 1 saturated carbocycles. The van der Waals surface area contributed by atoms with E-state index in [-0.39, 0.29) is 0 Å². The van der Waals surface area contributed by atoms with Crippen LogP contribution in [-0.2, 0) is 6.54 Å². The second-order valence-corrected chi connectivity index (χ2v) is 4.94. The summed E-state index contributed by atoms with van der Waals surface area (Å²) in [5.74, 6) is 6.13. The SMILES string of the molecule is Cc1cnc(CN=C(NN)NC2CCCCC2)cn1. The maximum atomic E-state index is 5.50. The van der Waals surface area contributed by atoms with Crippen LogP contribution in [0.3, 0.4) is 0 Å². The number of aryl methyl sites for hydroxylation is 1. The number of guanidine groups is 1. The lowest BCUT2D eigenvalue weighted by Gasteiger charge is -2.24. The van der Waals surface area contributed by atoms with Gasteiger partial charge in [-0.15, -0.1) is 0 Å². The van der Waals surface area contributed by atoms with Crippen molar-refractivity contribution in [3.8, 4) is 0 Å². The Balaban J connectivity index is 1.88. The first-order chi connectivity index (χ1) is 9.28. The average molecular weight is 262 g/mol. The zero-order valence-electron chi connectivity index (χ0n) is 11.4. The van der Waals surface area contributed by atoms with Gasteiger partial charge >= 0.3 is 0 Å². The molecule has 1 aliphatic rings. The molecule has 1 aromatic rings. The Bertz CT molecular complexity index is 408. The fourth-order valence-corrected chi connectivity index (χ4v) is 2.23. The molecule has 0 amide bonds. The van der Waals surface area contributed by atoms with Gasteiger partial charge in [-0.2, -0.15) is 0 Å². The lowest BCUT2D eigenvalue weighted by molar-refractivity contribution is 0.410. The van der Waals surface area contributed by atoms with Gasteiger partial charge < -0.3 is 5.32 Å². The molecule has 104 valence electrons. The van der Waals surface area contributed by atoms with Crippen molar-refractivity contribution < 1.29 is 0 Å². The highest BCUT2D eigenvalue weighted by atomic mass is 15.3. The number of aromatic nitrogens is 2. The molecule has 19 heavy (non-hydrogen) atoms. The first-order valence-corrected chi connectivity index (χ1v) is 6.83. The summed E-state index contributed by atoms with van der Waals surface area (Å²) in [6.07, 6.45) is 9.75. The van der Waals surface area contributed by atoms with Gasteiger partial charge in [-0.05, 0) is 19.8 Å². The average Bonchev–Trinajstić information content (AvgIpc) is 2.46. The van der Waals surface area contributed by atoms with Gasteiger partial charge in [-0.3, -0.25) is 15.4 Å². The van der Waals surface area contributed by atoms with Crippen LogP contribution < -0.4 is 16.6 Å². The minimum atomic E-state index is 0.479. The maximum Gasteiger partial charge on any atom is 0.206 e. The van der Waals surface area contributed by atoms with Crippen LogP contribution in [0.5, 0.6) is 0 Å². The van der Waals surface area contributed by atoms with Crippen LogP contribution in [0.25, 0.3) is 0 Å². The van der Waals surface area contributed by atoms with E-state index in [9.17, 15) is 0 Å². The van der Waals surface area contributed by atoms with Crippen LogP contribution in [0.2, 0.25) is 0 Å². The zero-order chi connectivity index (χ0) is 13.5. The van der Waals surface area contributed by atoms with Crippen molar-refractivity contribution in [1.82, 2.24) is 20.7 Å². The third-order valence-corrected chi connectivity index (χ3v) is 3.32.